The van der Waals surface area contributed by atoms with Crippen molar-refractivity contribution in [3.8, 4) is 11.1 Å². The lowest BCUT2D eigenvalue weighted by molar-refractivity contribution is -0.137. The topological polar surface area (TPSA) is 75.6 Å². The van der Waals surface area contributed by atoms with Gasteiger partial charge in [-0.05, 0) is 62.2 Å². The van der Waals surface area contributed by atoms with Crippen LogP contribution in [0.15, 0.2) is 36.4 Å². The first-order valence-corrected chi connectivity index (χ1v) is 8.02. The second-order valence-corrected chi connectivity index (χ2v) is 6.92. The quantitative estimate of drug-likeness (QED) is 0.663. The number of anilines is 1. The zero-order valence-electron chi connectivity index (χ0n) is 15.1. The number of hydrogen-bond donors (Lipinski definition) is 2. The summed E-state index contributed by atoms with van der Waals surface area (Å²) >= 11 is 0. The first kappa shape index (κ1) is 21.2. The summed E-state index contributed by atoms with van der Waals surface area (Å²) in [5.41, 5.74) is -2.63. The molecule has 0 fully saturated rings. The summed E-state index contributed by atoms with van der Waals surface area (Å²) in [6.45, 7) is 4.86. The van der Waals surface area contributed by atoms with Gasteiger partial charge in [0.2, 0.25) is 0 Å². The molecule has 0 aliphatic rings. The molecular formula is C19H17F4NO4. The monoisotopic (exact) mass is 399 g/mol. The molecule has 0 heterocycles. The Morgan fingerprint density at radius 3 is 2.18 bits per heavy atom. The highest BCUT2D eigenvalue weighted by Gasteiger charge is 2.31. The Labute approximate surface area is 157 Å². The highest BCUT2D eigenvalue weighted by Crippen LogP contribution is 2.34. The van der Waals surface area contributed by atoms with Crippen LogP contribution in [0.25, 0.3) is 11.1 Å². The third-order valence-electron chi connectivity index (χ3n) is 3.44. The minimum Gasteiger partial charge on any atom is -0.478 e. The molecule has 2 aromatic rings. The van der Waals surface area contributed by atoms with Gasteiger partial charge >= 0.3 is 18.2 Å². The van der Waals surface area contributed by atoms with E-state index in [1.165, 1.54) is 12.1 Å². The Morgan fingerprint density at radius 1 is 1.00 bits per heavy atom. The molecule has 0 aromatic heterocycles. The number of carbonyl (C=O) groups is 2. The number of rotatable bonds is 3. The van der Waals surface area contributed by atoms with Crippen molar-refractivity contribution in [2.45, 2.75) is 32.5 Å². The van der Waals surface area contributed by atoms with E-state index in [4.69, 9.17) is 4.74 Å². The van der Waals surface area contributed by atoms with Gasteiger partial charge in [0, 0.05) is 0 Å². The van der Waals surface area contributed by atoms with Gasteiger partial charge in [-0.3, -0.25) is 5.32 Å². The lowest BCUT2D eigenvalue weighted by Crippen LogP contribution is -2.27. The molecule has 0 unspecified atom stereocenters. The van der Waals surface area contributed by atoms with E-state index >= 15 is 0 Å². The van der Waals surface area contributed by atoms with Crippen molar-refractivity contribution in [2.24, 2.45) is 0 Å². The van der Waals surface area contributed by atoms with Crippen LogP contribution in [-0.2, 0) is 10.9 Å². The second kappa shape index (κ2) is 7.49. The maximum Gasteiger partial charge on any atom is 0.416 e. The molecule has 0 radical (unpaired) electrons. The van der Waals surface area contributed by atoms with E-state index in [1.54, 1.807) is 20.8 Å². The van der Waals surface area contributed by atoms with Gasteiger partial charge in [-0.25, -0.2) is 14.0 Å². The Balaban J connectivity index is 2.44. The smallest absolute Gasteiger partial charge is 0.416 e. The van der Waals surface area contributed by atoms with Crippen molar-refractivity contribution >= 4 is 17.7 Å². The van der Waals surface area contributed by atoms with Crippen LogP contribution in [0.5, 0.6) is 0 Å². The van der Waals surface area contributed by atoms with Crippen LogP contribution in [-0.4, -0.2) is 22.8 Å². The molecule has 2 N–H and O–H groups in total. The number of hydrogen-bond acceptors (Lipinski definition) is 3. The van der Waals surface area contributed by atoms with Crippen LogP contribution in [0.4, 0.5) is 28.0 Å². The third kappa shape index (κ3) is 5.45. The van der Waals surface area contributed by atoms with Gasteiger partial charge in [-0.2, -0.15) is 13.2 Å². The molecule has 2 aromatic carbocycles. The molecule has 9 heteroatoms. The number of alkyl halides is 3. The molecule has 2 rings (SSSR count). The summed E-state index contributed by atoms with van der Waals surface area (Å²) in [5.74, 6) is -2.54. The summed E-state index contributed by atoms with van der Waals surface area (Å²) in [5, 5.41) is 11.7. The van der Waals surface area contributed by atoms with Crippen molar-refractivity contribution in [2.75, 3.05) is 5.32 Å². The van der Waals surface area contributed by atoms with Crippen LogP contribution >= 0.6 is 0 Å². The molecule has 150 valence electrons. The number of ether oxygens (including phenoxy) is 1. The minimum atomic E-state index is -4.76. The highest BCUT2D eigenvalue weighted by molar-refractivity contribution is 6.00. The average molecular weight is 399 g/mol. The average Bonchev–Trinajstić information content (AvgIpc) is 2.51. The number of amides is 1. The fourth-order valence-corrected chi connectivity index (χ4v) is 2.34. The molecule has 1 amide bonds. The minimum absolute atomic E-state index is 0.0390. The van der Waals surface area contributed by atoms with Crippen LogP contribution in [0.1, 0.15) is 36.7 Å². The third-order valence-corrected chi connectivity index (χ3v) is 3.44. The van der Waals surface area contributed by atoms with Gasteiger partial charge in [0.05, 0.1) is 16.8 Å². The first-order chi connectivity index (χ1) is 12.8. The summed E-state index contributed by atoms with van der Waals surface area (Å²) in [4.78, 5) is 23.4. The normalized spacial score (nSPS) is 11.8. The van der Waals surface area contributed by atoms with Crippen LogP contribution < -0.4 is 5.32 Å². The Hall–Kier alpha value is -3.10. The summed E-state index contributed by atoms with van der Waals surface area (Å²) in [7, 11) is 0. The summed E-state index contributed by atoms with van der Waals surface area (Å²) in [6, 6.07) is 5.43. The maximum atomic E-state index is 13.6. The number of carboxylic acids is 1. The highest BCUT2D eigenvalue weighted by atomic mass is 19.4. The number of carbonyl (C=O) groups excluding carboxylic acids is 1. The summed E-state index contributed by atoms with van der Waals surface area (Å²) in [6.07, 6.45) is -5.65. The number of benzene rings is 2. The largest absolute Gasteiger partial charge is 0.478 e. The fraction of sp³-hybridized carbons (Fsp3) is 0.263. The van der Waals surface area contributed by atoms with Crippen molar-refractivity contribution in [1.29, 1.82) is 0 Å². The van der Waals surface area contributed by atoms with Gasteiger partial charge in [-0.15, -0.1) is 0 Å². The van der Waals surface area contributed by atoms with Crippen molar-refractivity contribution in [3.63, 3.8) is 0 Å². The van der Waals surface area contributed by atoms with E-state index in [2.05, 4.69) is 5.32 Å². The van der Waals surface area contributed by atoms with E-state index in [0.29, 0.717) is 12.1 Å². The van der Waals surface area contributed by atoms with Crippen LogP contribution in [0, 0.1) is 5.82 Å². The van der Waals surface area contributed by atoms with Crippen LogP contribution in [0.3, 0.4) is 0 Å². The molecule has 28 heavy (non-hydrogen) atoms. The first-order valence-electron chi connectivity index (χ1n) is 8.02. The molecule has 0 saturated carbocycles. The molecule has 0 spiro atoms. The molecule has 0 aliphatic heterocycles. The molecule has 0 saturated heterocycles. The molecule has 5 nitrogen and oxygen atoms in total. The van der Waals surface area contributed by atoms with Gasteiger partial charge in [0.25, 0.3) is 0 Å². The van der Waals surface area contributed by atoms with Gasteiger partial charge in [0.15, 0.2) is 0 Å². The predicted octanol–water partition coefficient (Wildman–Crippen LogP) is 5.56. The summed E-state index contributed by atoms with van der Waals surface area (Å²) < 4.78 is 57.3. The predicted molar refractivity (Wildman–Crippen MR) is 93.7 cm³/mol. The molecule has 0 atom stereocenters. The molecule has 0 aliphatic carbocycles. The van der Waals surface area contributed by atoms with E-state index < -0.39 is 35.2 Å². The second-order valence-electron chi connectivity index (χ2n) is 6.92. The van der Waals surface area contributed by atoms with Crippen molar-refractivity contribution in [3.05, 3.63) is 53.3 Å². The van der Waals surface area contributed by atoms with Crippen molar-refractivity contribution in [1.82, 2.24) is 0 Å². The lowest BCUT2D eigenvalue weighted by atomic mass is 9.99. The Morgan fingerprint density at radius 2 is 1.64 bits per heavy atom. The van der Waals surface area contributed by atoms with E-state index in [1.807, 2.05) is 0 Å². The van der Waals surface area contributed by atoms with E-state index in [-0.39, 0.29) is 22.4 Å². The fourth-order valence-electron chi connectivity index (χ4n) is 2.34. The zero-order valence-corrected chi connectivity index (χ0v) is 15.1. The van der Waals surface area contributed by atoms with E-state index in [0.717, 1.165) is 12.1 Å². The van der Waals surface area contributed by atoms with Crippen molar-refractivity contribution < 1.29 is 37.0 Å². The molecule has 0 bridgehead atoms. The van der Waals surface area contributed by atoms with Gasteiger partial charge in [-0.1, -0.05) is 6.07 Å². The Bertz CT molecular complexity index is 917. The number of nitrogens with one attached hydrogen (secondary N) is 1. The lowest BCUT2D eigenvalue weighted by Gasteiger charge is -2.20. The zero-order chi connectivity index (χ0) is 21.3. The van der Waals surface area contributed by atoms with E-state index in [9.17, 15) is 32.3 Å². The number of carboxylic acid groups (broad SMARTS) is 1. The van der Waals surface area contributed by atoms with Gasteiger partial charge in [0.1, 0.15) is 11.4 Å². The Kier molecular flexibility index (Phi) is 5.67. The molecular weight excluding hydrogens is 382 g/mol. The van der Waals surface area contributed by atoms with Crippen LogP contribution in [0.2, 0.25) is 0 Å². The SMILES string of the molecule is CC(C)(C)OC(=O)Nc1ccc(-c2cc(F)cc(C(F)(F)F)c2)cc1C(=O)O. The van der Waals surface area contributed by atoms with Gasteiger partial charge < -0.3 is 9.84 Å². The standard InChI is InChI=1S/C19H17F4NO4/c1-18(2,3)28-17(27)24-15-5-4-10(8-14(15)16(25)26)11-6-12(19(21,22)23)9-13(20)7-11/h4-9H,1-3H3,(H,24,27)(H,25,26). The maximum absolute atomic E-state index is 13.6. The number of aromatic carboxylic acids is 1. The number of halogens is 4.